The van der Waals surface area contributed by atoms with E-state index in [0.717, 1.165) is 0 Å². The highest BCUT2D eigenvalue weighted by atomic mass is 32.1. The Hall–Kier alpha value is -0.880. The van der Waals surface area contributed by atoms with Gasteiger partial charge in [-0.1, -0.05) is 0 Å². The predicted octanol–water partition coefficient (Wildman–Crippen LogP) is 0.138. The molecule has 1 atom stereocenters. The Balaban J connectivity index is 2.89. The van der Waals surface area contributed by atoms with Crippen molar-refractivity contribution in [3.05, 3.63) is 0 Å². The van der Waals surface area contributed by atoms with Gasteiger partial charge in [0.05, 0.1) is 0 Å². The standard InChI is InChI=1S/C9H16N2O3S/c1-8(2)5-9(3,14)11(4-6(12)13)7(15)10-8/h14H,4-5H2,1-3H3,(H,10,15)(H,12,13). The molecule has 1 heterocycles. The maximum absolute atomic E-state index is 10.6. The van der Waals surface area contributed by atoms with Crippen LogP contribution < -0.4 is 5.32 Å². The predicted molar refractivity (Wildman–Crippen MR) is 59.4 cm³/mol. The largest absolute Gasteiger partial charge is 0.480 e. The third kappa shape index (κ3) is 2.79. The molecule has 0 aromatic heterocycles. The number of carboxylic acid groups (broad SMARTS) is 1. The first kappa shape index (κ1) is 12.2. The van der Waals surface area contributed by atoms with E-state index in [4.69, 9.17) is 17.3 Å². The quantitative estimate of drug-likeness (QED) is 0.588. The molecule has 15 heavy (non-hydrogen) atoms. The molecule has 1 aliphatic heterocycles. The van der Waals surface area contributed by atoms with E-state index in [1.165, 1.54) is 4.90 Å². The molecule has 6 heteroatoms. The fourth-order valence-corrected chi connectivity index (χ4v) is 2.47. The molecule has 1 rings (SSSR count). The van der Waals surface area contributed by atoms with Crippen molar-refractivity contribution in [1.82, 2.24) is 10.2 Å². The lowest BCUT2D eigenvalue weighted by molar-refractivity contribution is -0.146. The Kier molecular flexibility index (Phi) is 2.93. The highest BCUT2D eigenvalue weighted by Crippen LogP contribution is 2.28. The molecule has 1 fully saturated rings. The summed E-state index contributed by atoms with van der Waals surface area (Å²) in [5, 5.41) is 22.1. The number of hydrogen-bond donors (Lipinski definition) is 3. The van der Waals surface area contributed by atoms with Gasteiger partial charge in [0.15, 0.2) is 5.11 Å². The lowest BCUT2D eigenvalue weighted by Gasteiger charge is -2.49. The number of hydrogen-bond acceptors (Lipinski definition) is 3. The van der Waals surface area contributed by atoms with Gasteiger partial charge in [0.1, 0.15) is 12.3 Å². The molecule has 3 N–H and O–H groups in total. The number of nitrogens with zero attached hydrogens (tertiary/aromatic N) is 1. The fraction of sp³-hybridized carbons (Fsp3) is 0.778. The average molecular weight is 232 g/mol. The Labute approximate surface area is 94.1 Å². The maximum atomic E-state index is 10.6. The number of nitrogens with one attached hydrogen (secondary N) is 1. The summed E-state index contributed by atoms with van der Waals surface area (Å²) in [5.74, 6) is -1.01. The summed E-state index contributed by atoms with van der Waals surface area (Å²) in [5.41, 5.74) is -1.54. The first-order chi connectivity index (χ1) is 6.64. The zero-order valence-corrected chi connectivity index (χ0v) is 9.89. The first-order valence-electron chi connectivity index (χ1n) is 4.68. The van der Waals surface area contributed by atoms with Gasteiger partial charge in [0.2, 0.25) is 0 Å². The van der Waals surface area contributed by atoms with E-state index in [1.54, 1.807) is 6.92 Å². The van der Waals surface area contributed by atoms with E-state index < -0.39 is 11.7 Å². The Bertz CT molecular complexity index is 302. The monoisotopic (exact) mass is 232 g/mol. The summed E-state index contributed by atoms with van der Waals surface area (Å²) in [6, 6.07) is 0. The van der Waals surface area contributed by atoms with Crippen molar-refractivity contribution in [2.45, 2.75) is 38.5 Å². The van der Waals surface area contributed by atoms with E-state index in [1.807, 2.05) is 13.8 Å². The van der Waals surface area contributed by atoms with Gasteiger partial charge >= 0.3 is 5.97 Å². The van der Waals surface area contributed by atoms with Gasteiger partial charge in [-0.3, -0.25) is 4.79 Å². The third-order valence-electron chi connectivity index (χ3n) is 2.34. The minimum Gasteiger partial charge on any atom is -0.480 e. The van der Waals surface area contributed by atoms with Crippen LogP contribution >= 0.6 is 12.2 Å². The number of carbonyl (C=O) groups is 1. The van der Waals surface area contributed by atoms with E-state index in [2.05, 4.69) is 5.32 Å². The molecule has 5 nitrogen and oxygen atoms in total. The number of aliphatic carboxylic acids is 1. The second kappa shape index (κ2) is 3.61. The van der Waals surface area contributed by atoms with Crippen LogP contribution in [-0.4, -0.2) is 44.0 Å². The van der Waals surface area contributed by atoms with Crippen molar-refractivity contribution in [2.24, 2.45) is 0 Å². The Morgan fingerprint density at radius 1 is 1.60 bits per heavy atom. The smallest absolute Gasteiger partial charge is 0.323 e. The lowest BCUT2D eigenvalue weighted by Crippen LogP contribution is -2.67. The van der Waals surface area contributed by atoms with Crippen molar-refractivity contribution in [3.8, 4) is 0 Å². The summed E-state index contributed by atoms with van der Waals surface area (Å²) in [7, 11) is 0. The summed E-state index contributed by atoms with van der Waals surface area (Å²) in [6.07, 6.45) is 0.410. The number of carboxylic acids is 1. The second-order valence-electron chi connectivity index (χ2n) is 4.69. The fourth-order valence-electron chi connectivity index (χ4n) is 1.93. The summed E-state index contributed by atoms with van der Waals surface area (Å²) >= 11 is 5.03. The van der Waals surface area contributed by atoms with E-state index in [0.29, 0.717) is 6.42 Å². The molecule has 0 radical (unpaired) electrons. The average Bonchev–Trinajstić information content (AvgIpc) is 1.93. The van der Waals surface area contributed by atoms with Crippen LogP contribution in [-0.2, 0) is 4.79 Å². The first-order valence-corrected chi connectivity index (χ1v) is 5.09. The second-order valence-corrected chi connectivity index (χ2v) is 5.07. The van der Waals surface area contributed by atoms with Crippen LogP contribution in [0.4, 0.5) is 0 Å². The van der Waals surface area contributed by atoms with Crippen molar-refractivity contribution < 1.29 is 15.0 Å². The summed E-state index contributed by atoms with van der Waals surface area (Å²) in [6.45, 7) is 5.09. The van der Waals surface area contributed by atoms with Crippen LogP contribution in [0.15, 0.2) is 0 Å². The van der Waals surface area contributed by atoms with Gasteiger partial charge in [-0.25, -0.2) is 0 Å². The molecule has 1 unspecified atom stereocenters. The van der Waals surface area contributed by atoms with Gasteiger partial charge in [0, 0.05) is 12.0 Å². The van der Waals surface area contributed by atoms with E-state index in [9.17, 15) is 9.90 Å². The van der Waals surface area contributed by atoms with E-state index >= 15 is 0 Å². The molecular formula is C9H16N2O3S. The van der Waals surface area contributed by atoms with Crippen molar-refractivity contribution in [3.63, 3.8) is 0 Å². The van der Waals surface area contributed by atoms with Crippen molar-refractivity contribution in [1.29, 1.82) is 0 Å². The molecule has 0 saturated carbocycles. The zero-order chi connectivity index (χ0) is 11.9. The number of aliphatic hydroxyl groups is 1. The van der Waals surface area contributed by atoms with Crippen LogP contribution in [0.5, 0.6) is 0 Å². The van der Waals surface area contributed by atoms with Gasteiger partial charge in [0.25, 0.3) is 0 Å². The van der Waals surface area contributed by atoms with Crippen molar-refractivity contribution in [2.75, 3.05) is 6.54 Å². The van der Waals surface area contributed by atoms with E-state index in [-0.39, 0.29) is 17.2 Å². The van der Waals surface area contributed by atoms with Gasteiger partial charge < -0.3 is 20.4 Å². The van der Waals surface area contributed by atoms with Gasteiger partial charge in [-0.05, 0) is 33.0 Å². The zero-order valence-electron chi connectivity index (χ0n) is 9.07. The molecule has 0 aromatic carbocycles. The third-order valence-corrected chi connectivity index (χ3v) is 2.66. The van der Waals surface area contributed by atoms with Crippen LogP contribution in [0, 0.1) is 0 Å². The van der Waals surface area contributed by atoms with Gasteiger partial charge in [-0.15, -0.1) is 0 Å². The maximum Gasteiger partial charge on any atom is 0.323 e. The van der Waals surface area contributed by atoms with Crippen LogP contribution in [0.2, 0.25) is 0 Å². The minimum atomic E-state index is -1.22. The van der Waals surface area contributed by atoms with Crippen LogP contribution in [0.3, 0.4) is 0 Å². The van der Waals surface area contributed by atoms with Gasteiger partial charge in [-0.2, -0.15) is 0 Å². The lowest BCUT2D eigenvalue weighted by atomic mass is 9.90. The Morgan fingerprint density at radius 2 is 2.13 bits per heavy atom. The molecule has 86 valence electrons. The minimum absolute atomic E-state index is 0.277. The molecule has 0 amide bonds. The van der Waals surface area contributed by atoms with Crippen LogP contribution in [0.25, 0.3) is 0 Å². The SMILES string of the molecule is CC1(C)CC(C)(O)N(CC(=O)O)C(=S)N1. The Morgan fingerprint density at radius 3 is 2.53 bits per heavy atom. The molecule has 0 aliphatic carbocycles. The molecule has 1 aliphatic rings. The molecule has 0 aromatic rings. The molecule has 0 spiro atoms. The normalized spacial score (nSPS) is 29.9. The van der Waals surface area contributed by atoms with Crippen molar-refractivity contribution >= 4 is 23.3 Å². The molecular weight excluding hydrogens is 216 g/mol. The number of thiocarbonyl (C=S) groups is 1. The molecule has 1 saturated heterocycles. The highest BCUT2D eigenvalue weighted by Gasteiger charge is 2.43. The number of rotatable bonds is 2. The molecule has 0 bridgehead atoms. The topological polar surface area (TPSA) is 72.8 Å². The summed E-state index contributed by atoms with van der Waals surface area (Å²) in [4.78, 5) is 11.9. The van der Waals surface area contributed by atoms with Crippen LogP contribution in [0.1, 0.15) is 27.2 Å². The highest BCUT2D eigenvalue weighted by molar-refractivity contribution is 7.80. The summed E-state index contributed by atoms with van der Waals surface area (Å²) < 4.78 is 0.